The number of aromatic nitrogens is 5. The highest BCUT2D eigenvalue weighted by atomic mass is 19.3. The number of ether oxygens (including phenoxy) is 2. The normalized spacial score (nSPS) is 15.8. The molecule has 1 aromatic carbocycles. The van der Waals surface area contributed by atoms with Crippen molar-refractivity contribution in [3.63, 3.8) is 0 Å². The van der Waals surface area contributed by atoms with Crippen LogP contribution in [0.1, 0.15) is 36.2 Å². The van der Waals surface area contributed by atoms with E-state index in [2.05, 4.69) is 19.9 Å². The van der Waals surface area contributed by atoms with Crippen molar-refractivity contribution in [1.29, 1.82) is 0 Å². The summed E-state index contributed by atoms with van der Waals surface area (Å²) in [4.78, 5) is 29.8. The first-order valence-electron chi connectivity index (χ1n) is 11.1. The maximum absolute atomic E-state index is 14.8. The van der Waals surface area contributed by atoms with Crippen LogP contribution in [0.25, 0.3) is 27.9 Å². The number of methoxy groups -OCH3 is 1. The first-order valence-corrected chi connectivity index (χ1v) is 11.1. The molecule has 0 bridgehead atoms. The van der Waals surface area contributed by atoms with Gasteiger partial charge in [-0.05, 0) is 41.8 Å². The lowest BCUT2D eigenvalue weighted by atomic mass is 10.0. The summed E-state index contributed by atoms with van der Waals surface area (Å²) in [6.45, 7) is 0.281. The molecule has 5 rings (SSSR count). The standard InChI is InChI=1S/C25H19F4N5O3/c1-34-24(22(28)29)33-20-19(15-4-3-14(26)11-16(15)27)31-23(32-21(20)25(34)35)13-6-8-37-17(9-13)12-5-7-30-18(10-12)36-2/h3-5,7,9-11,17,22H,6,8H2,1-2H3. The third-order valence-electron chi connectivity index (χ3n) is 5.95. The highest BCUT2D eigenvalue weighted by molar-refractivity contribution is 5.90. The van der Waals surface area contributed by atoms with E-state index < -0.39 is 35.5 Å². The van der Waals surface area contributed by atoms with E-state index in [1.165, 1.54) is 7.11 Å². The Bertz CT molecular complexity index is 1610. The van der Waals surface area contributed by atoms with Gasteiger partial charge in [0.2, 0.25) is 5.88 Å². The molecule has 1 atom stereocenters. The first-order chi connectivity index (χ1) is 17.8. The number of pyridine rings is 1. The second-order valence-electron chi connectivity index (χ2n) is 8.22. The Hall–Kier alpha value is -4.19. The van der Waals surface area contributed by atoms with Crippen LogP contribution in [0.15, 0.2) is 47.4 Å². The van der Waals surface area contributed by atoms with Crippen LogP contribution in [0.5, 0.6) is 5.88 Å². The molecule has 0 aliphatic carbocycles. The zero-order valence-corrected chi connectivity index (χ0v) is 19.6. The van der Waals surface area contributed by atoms with E-state index in [0.29, 0.717) is 28.5 Å². The molecule has 0 fully saturated rings. The van der Waals surface area contributed by atoms with Gasteiger partial charge in [0.05, 0.1) is 13.7 Å². The first kappa shape index (κ1) is 24.5. The second-order valence-corrected chi connectivity index (χ2v) is 8.22. The van der Waals surface area contributed by atoms with Crippen molar-refractivity contribution >= 4 is 16.6 Å². The summed E-state index contributed by atoms with van der Waals surface area (Å²) >= 11 is 0. The average molecular weight is 513 g/mol. The number of hydrogen-bond donors (Lipinski definition) is 0. The Morgan fingerprint density at radius 3 is 2.65 bits per heavy atom. The fourth-order valence-electron chi connectivity index (χ4n) is 4.07. The average Bonchev–Trinajstić information content (AvgIpc) is 2.90. The second kappa shape index (κ2) is 9.69. The van der Waals surface area contributed by atoms with E-state index in [1.807, 2.05) is 0 Å². The Morgan fingerprint density at radius 1 is 1.11 bits per heavy atom. The van der Waals surface area contributed by atoms with Crippen LogP contribution in [0.4, 0.5) is 17.6 Å². The van der Waals surface area contributed by atoms with E-state index >= 15 is 0 Å². The molecule has 12 heteroatoms. The minimum Gasteiger partial charge on any atom is -0.481 e. The van der Waals surface area contributed by atoms with Crippen molar-refractivity contribution in [2.45, 2.75) is 19.0 Å². The molecule has 4 aromatic rings. The van der Waals surface area contributed by atoms with Crippen molar-refractivity contribution < 1.29 is 27.0 Å². The van der Waals surface area contributed by atoms with Gasteiger partial charge in [-0.3, -0.25) is 9.36 Å². The largest absolute Gasteiger partial charge is 0.481 e. The van der Waals surface area contributed by atoms with Gasteiger partial charge in [-0.1, -0.05) is 0 Å². The molecule has 0 radical (unpaired) electrons. The summed E-state index contributed by atoms with van der Waals surface area (Å²) in [5, 5.41) is 0. The molecule has 0 N–H and O–H groups in total. The molecule has 1 aliphatic rings. The van der Waals surface area contributed by atoms with E-state index in [9.17, 15) is 22.4 Å². The Morgan fingerprint density at radius 2 is 1.92 bits per heavy atom. The van der Waals surface area contributed by atoms with Crippen LogP contribution in [0.3, 0.4) is 0 Å². The summed E-state index contributed by atoms with van der Waals surface area (Å²) in [6, 6.07) is 6.21. The Balaban J connectivity index is 1.74. The molecular weight excluding hydrogens is 494 g/mol. The van der Waals surface area contributed by atoms with Crippen LogP contribution >= 0.6 is 0 Å². The van der Waals surface area contributed by atoms with Gasteiger partial charge >= 0.3 is 0 Å². The lowest BCUT2D eigenvalue weighted by Gasteiger charge is -2.22. The Kier molecular flexibility index (Phi) is 6.42. The van der Waals surface area contributed by atoms with Crippen molar-refractivity contribution in [3.05, 3.63) is 81.8 Å². The van der Waals surface area contributed by atoms with E-state index in [4.69, 9.17) is 9.47 Å². The molecule has 8 nitrogen and oxygen atoms in total. The van der Waals surface area contributed by atoms with Crippen LogP contribution < -0.4 is 10.3 Å². The summed E-state index contributed by atoms with van der Waals surface area (Å²) in [5.41, 5.74) is -0.520. The van der Waals surface area contributed by atoms with Crippen LogP contribution in [-0.4, -0.2) is 38.2 Å². The highest BCUT2D eigenvalue weighted by Crippen LogP contribution is 2.34. The lowest BCUT2D eigenvalue weighted by molar-refractivity contribution is 0.0823. The third kappa shape index (κ3) is 4.55. The maximum Gasteiger partial charge on any atom is 0.295 e. The lowest BCUT2D eigenvalue weighted by Crippen LogP contribution is -2.24. The smallest absolute Gasteiger partial charge is 0.295 e. The minimum atomic E-state index is -3.08. The van der Waals surface area contributed by atoms with Crippen LogP contribution in [0.2, 0.25) is 0 Å². The van der Waals surface area contributed by atoms with Gasteiger partial charge in [0, 0.05) is 30.9 Å². The van der Waals surface area contributed by atoms with Crippen molar-refractivity contribution in [2.75, 3.05) is 13.7 Å². The molecule has 0 spiro atoms. The van der Waals surface area contributed by atoms with Crippen molar-refractivity contribution in [3.8, 4) is 17.1 Å². The van der Waals surface area contributed by atoms with Gasteiger partial charge in [-0.2, -0.15) is 0 Å². The molecule has 4 heterocycles. The van der Waals surface area contributed by atoms with E-state index in [1.54, 1.807) is 24.4 Å². The number of halogens is 4. The molecule has 0 saturated heterocycles. The zero-order valence-electron chi connectivity index (χ0n) is 19.6. The van der Waals surface area contributed by atoms with Gasteiger partial charge in [0.1, 0.15) is 28.9 Å². The number of rotatable bonds is 5. The van der Waals surface area contributed by atoms with Crippen molar-refractivity contribution in [2.24, 2.45) is 7.05 Å². The monoisotopic (exact) mass is 513 g/mol. The fraction of sp³-hybridized carbons (Fsp3) is 0.240. The molecule has 3 aromatic heterocycles. The quantitative estimate of drug-likeness (QED) is 0.362. The van der Waals surface area contributed by atoms with Gasteiger partial charge in [0.15, 0.2) is 17.2 Å². The van der Waals surface area contributed by atoms with Gasteiger partial charge in [-0.15, -0.1) is 0 Å². The summed E-state index contributed by atoms with van der Waals surface area (Å²) in [7, 11) is 2.64. The number of hydrogen-bond acceptors (Lipinski definition) is 7. The molecule has 1 aliphatic heterocycles. The number of fused-ring (bicyclic) bond motifs is 1. The third-order valence-corrected chi connectivity index (χ3v) is 5.95. The van der Waals surface area contributed by atoms with Crippen molar-refractivity contribution in [1.82, 2.24) is 24.5 Å². The molecule has 0 saturated carbocycles. The topological polar surface area (TPSA) is 92.0 Å². The summed E-state index contributed by atoms with van der Waals surface area (Å²) in [5.74, 6) is -2.18. The van der Waals surface area contributed by atoms with E-state index in [0.717, 1.165) is 24.7 Å². The number of alkyl halides is 2. The summed E-state index contributed by atoms with van der Waals surface area (Å²) in [6.07, 6.45) is 0.0724. The number of benzene rings is 1. The van der Waals surface area contributed by atoms with Gasteiger partial charge in [-0.25, -0.2) is 37.5 Å². The Labute approximate surface area is 207 Å². The summed E-state index contributed by atoms with van der Waals surface area (Å²) < 4.78 is 67.4. The maximum atomic E-state index is 14.8. The number of nitrogens with zero attached hydrogens (tertiary/aromatic N) is 5. The van der Waals surface area contributed by atoms with Crippen LogP contribution in [-0.2, 0) is 11.8 Å². The predicted molar refractivity (Wildman–Crippen MR) is 125 cm³/mol. The predicted octanol–water partition coefficient (Wildman–Crippen LogP) is 4.55. The van der Waals surface area contributed by atoms with E-state index in [-0.39, 0.29) is 34.7 Å². The molecular formula is C25H19F4N5O3. The van der Waals surface area contributed by atoms with Crippen LogP contribution in [0, 0.1) is 11.6 Å². The highest BCUT2D eigenvalue weighted by Gasteiger charge is 2.25. The molecule has 0 amide bonds. The van der Waals surface area contributed by atoms with Gasteiger partial charge < -0.3 is 9.47 Å². The fourth-order valence-corrected chi connectivity index (χ4v) is 4.07. The molecule has 37 heavy (non-hydrogen) atoms. The molecule has 1 unspecified atom stereocenters. The van der Waals surface area contributed by atoms with Gasteiger partial charge in [0.25, 0.3) is 12.0 Å². The zero-order chi connectivity index (χ0) is 26.3. The SMILES string of the molecule is COc1cc(C2C=C(c3nc(-c4ccc(F)cc4F)c4nc(C(F)F)n(C)c(=O)c4n3)CCO2)ccn1. The molecule has 190 valence electrons. The minimum absolute atomic E-state index is 0.0734.